The third kappa shape index (κ3) is 5.75. The number of nitrogens with zero attached hydrogens (tertiary/aromatic N) is 3. The lowest BCUT2D eigenvalue weighted by Crippen LogP contribution is -2.41. The number of likely N-dealkylation sites (N-methyl/N-ethyl adjacent to an activating group) is 1. The van der Waals surface area contributed by atoms with Gasteiger partial charge in [-0.15, -0.1) is 0 Å². The summed E-state index contributed by atoms with van der Waals surface area (Å²) < 4.78 is 52.0. The van der Waals surface area contributed by atoms with Crippen molar-refractivity contribution in [1.29, 1.82) is 0 Å². The maximum absolute atomic E-state index is 14.6. The van der Waals surface area contributed by atoms with Gasteiger partial charge >= 0.3 is 5.97 Å². The number of pyridine rings is 1. The Labute approximate surface area is 200 Å². The minimum Gasteiger partial charge on any atom is -0.466 e. The number of halogens is 4. The van der Waals surface area contributed by atoms with E-state index in [2.05, 4.69) is 15.3 Å². The molecule has 0 unspecified atom stereocenters. The molecule has 0 spiro atoms. The lowest BCUT2D eigenvalue weighted by molar-refractivity contribution is -0.136. The van der Waals surface area contributed by atoms with Crippen molar-refractivity contribution in [2.75, 3.05) is 40.5 Å². The summed E-state index contributed by atoms with van der Waals surface area (Å²) in [6.07, 6.45) is 0.860. The predicted octanol–water partition coefficient (Wildman–Crippen LogP) is 3.64. The van der Waals surface area contributed by atoms with E-state index in [1.165, 1.54) is 19.2 Å². The molecule has 11 heteroatoms. The van der Waals surface area contributed by atoms with Gasteiger partial charge in [0.2, 0.25) is 0 Å². The van der Waals surface area contributed by atoms with Gasteiger partial charge in [0.15, 0.2) is 11.7 Å². The van der Waals surface area contributed by atoms with Gasteiger partial charge in [0.1, 0.15) is 23.4 Å². The van der Waals surface area contributed by atoms with Crippen molar-refractivity contribution in [3.63, 3.8) is 0 Å². The van der Waals surface area contributed by atoms with Crippen LogP contribution in [0.2, 0.25) is 5.02 Å². The largest absolute Gasteiger partial charge is 0.466 e. The average molecular weight is 497 g/mol. The maximum Gasteiger partial charge on any atom is 0.338 e. The summed E-state index contributed by atoms with van der Waals surface area (Å²) in [4.78, 5) is 23.2. The summed E-state index contributed by atoms with van der Waals surface area (Å²) in [5, 5.41) is 2.99. The Morgan fingerprint density at radius 1 is 1.21 bits per heavy atom. The Morgan fingerprint density at radius 3 is 2.59 bits per heavy atom. The van der Waals surface area contributed by atoms with E-state index in [9.17, 15) is 18.0 Å². The standard InChI is InChI=1S/C23H24ClF3N4O3/c1-4-31(7-8-33-2)12-18-19(23(32)34-3)20(15-6-5-13(25)9-16(15)24)30-22(29-18)21-17(27)10-14(26)11-28-21/h5-6,9-11,20H,4,7-8,12H2,1-3H3,(H,29,30)/t20-/m0/s1. The monoisotopic (exact) mass is 496 g/mol. The molecule has 1 atom stereocenters. The molecule has 2 aromatic rings. The molecule has 0 amide bonds. The minimum absolute atomic E-state index is 0.0232. The second kappa shape index (κ2) is 11.5. The van der Waals surface area contributed by atoms with Gasteiger partial charge in [-0.05, 0) is 18.7 Å². The summed E-state index contributed by atoms with van der Waals surface area (Å²) in [5.74, 6) is -3.08. The van der Waals surface area contributed by atoms with Crippen molar-refractivity contribution < 1.29 is 27.4 Å². The molecule has 0 bridgehead atoms. The van der Waals surface area contributed by atoms with Gasteiger partial charge in [-0.25, -0.2) is 22.9 Å². The van der Waals surface area contributed by atoms with Crippen molar-refractivity contribution in [2.24, 2.45) is 4.99 Å². The smallest absolute Gasteiger partial charge is 0.338 e. The number of benzene rings is 1. The van der Waals surface area contributed by atoms with Crippen LogP contribution in [0.4, 0.5) is 13.2 Å². The fourth-order valence-electron chi connectivity index (χ4n) is 3.52. The highest BCUT2D eigenvalue weighted by Crippen LogP contribution is 2.36. The van der Waals surface area contributed by atoms with E-state index in [1.807, 2.05) is 11.8 Å². The number of hydrogen-bond acceptors (Lipinski definition) is 7. The van der Waals surface area contributed by atoms with Crippen LogP contribution in [0.3, 0.4) is 0 Å². The van der Waals surface area contributed by atoms with E-state index in [1.54, 1.807) is 7.11 Å². The first-order valence-corrected chi connectivity index (χ1v) is 10.8. The number of methoxy groups -OCH3 is 2. The lowest BCUT2D eigenvalue weighted by Gasteiger charge is -2.30. The summed E-state index contributed by atoms with van der Waals surface area (Å²) in [7, 11) is 2.80. The summed E-state index contributed by atoms with van der Waals surface area (Å²) in [6, 6.07) is 3.30. The van der Waals surface area contributed by atoms with Crippen molar-refractivity contribution >= 4 is 23.4 Å². The molecule has 1 aliphatic heterocycles. The van der Waals surface area contributed by atoms with Crippen LogP contribution in [0, 0.1) is 17.5 Å². The van der Waals surface area contributed by atoms with Crippen LogP contribution in [0.25, 0.3) is 0 Å². The lowest BCUT2D eigenvalue weighted by atomic mass is 9.95. The zero-order chi connectivity index (χ0) is 24.8. The Hall–Kier alpha value is -2.95. The fraction of sp³-hybridized carbons (Fsp3) is 0.348. The van der Waals surface area contributed by atoms with E-state index in [4.69, 9.17) is 21.1 Å². The molecule has 0 radical (unpaired) electrons. The molecule has 1 aromatic heterocycles. The number of rotatable bonds is 9. The van der Waals surface area contributed by atoms with E-state index in [0.29, 0.717) is 37.0 Å². The zero-order valence-electron chi connectivity index (χ0n) is 18.9. The quantitative estimate of drug-likeness (QED) is 0.534. The number of nitrogens with one attached hydrogen (secondary N) is 1. The van der Waals surface area contributed by atoms with Crippen LogP contribution in [-0.2, 0) is 14.3 Å². The average Bonchev–Trinajstić information content (AvgIpc) is 2.80. The molecule has 182 valence electrons. The third-order valence-electron chi connectivity index (χ3n) is 5.26. The predicted molar refractivity (Wildman–Crippen MR) is 121 cm³/mol. The number of esters is 1. The third-order valence-corrected chi connectivity index (χ3v) is 5.59. The molecule has 3 rings (SSSR count). The first-order valence-electron chi connectivity index (χ1n) is 10.4. The van der Waals surface area contributed by atoms with Crippen LogP contribution >= 0.6 is 11.6 Å². The number of hydrogen-bond donors (Lipinski definition) is 1. The minimum atomic E-state index is -1.06. The molecule has 1 N–H and O–H groups in total. The molecule has 7 nitrogen and oxygen atoms in total. The summed E-state index contributed by atoms with van der Waals surface area (Å²) in [6.45, 7) is 3.75. The second-order valence-electron chi connectivity index (χ2n) is 7.40. The van der Waals surface area contributed by atoms with Gasteiger partial charge in [0.05, 0.1) is 25.5 Å². The van der Waals surface area contributed by atoms with E-state index < -0.39 is 29.5 Å². The van der Waals surface area contributed by atoms with E-state index in [-0.39, 0.29) is 28.7 Å². The van der Waals surface area contributed by atoms with E-state index >= 15 is 0 Å². The molecular weight excluding hydrogens is 473 g/mol. The van der Waals surface area contributed by atoms with Crippen LogP contribution in [-0.4, -0.2) is 62.1 Å². The molecule has 34 heavy (non-hydrogen) atoms. The van der Waals surface area contributed by atoms with Crippen molar-refractivity contribution in [1.82, 2.24) is 15.2 Å². The molecule has 0 fully saturated rings. The first-order chi connectivity index (χ1) is 16.3. The number of aliphatic imine (C=N–C) groups is 1. The van der Waals surface area contributed by atoms with Gasteiger partial charge in [-0.3, -0.25) is 9.89 Å². The van der Waals surface area contributed by atoms with Crippen molar-refractivity contribution in [2.45, 2.75) is 13.0 Å². The zero-order valence-corrected chi connectivity index (χ0v) is 19.6. The SMILES string of the molecule is CCN(CCOC)CC1=C(C(=O)OC)[C@H](c2ccc(F)cc2Cl)N=C(c2ncc(F)cc2F)N1. The molecule has 1 aliphatic rings. The number of ether oxygens (including phenoxy) is 2. The fourth-order valence-corrected chi connectivity index (χ4v) is 3.79. The summed E-state index contributed by atoms with van der Waals surface area (Å²) in [5.41, 5.74) is 0.553. The van der Waals surface area contributed by atoms with Crippen LogP contribution in [0.1, 0.15) is 24.2 Å². The van der Waals surface area contributed by atoms with Crippen LogP contribution < -0.4 is 5.32 Å². The Balaban J connectivity index is 2.18. The number of carbonyl (C=O) groups excluding carboxylic acids is 1. The Morgan fingerprint density at radius 2 is 1.97 bits per heavy atom. The Bertz CT molecular complexity index is 1130. The van der Waals surface area contributed by atoms with Crippen molar-refractivity contribution in [3.8, 4) is 0 Å². The van der Waals surface area contributed by atoms with Gasteiger partial charge in [-0.2, -0.15) is 0 Å². The Kier molecular flexibility index (Phi) is 8.65. The number of aromatic nitrogens is 1. The van der Waals surface area contributed by atoms with Gasteiger partial charge in [-0.1, -0.05) is 24.6 Å². The molecular formula is C23H24ClF3N4O3. The molecule has 0 aliphatic carbocycles. The molecule has 0 saturated heterocycles. The first kappa shape index (κ1) is 25.7. The van der Waals surface area contributed by atoms with Gasteiger partial charge in [0.25, 0.3) is 0 Å². The second-order valence-corrected chi connectivity index (χ2v) is 7.81. The van der Waals surface area contributed by atoms with E-state index in [0.717, 1.165) is 12.3 Å². The molecule has 2 heterocycles. The van der Waals surface area contributed by atoms with Crippen LogP contribution in [0.15, 0.2) is 46.7 Å². The normalized spacial score (nSPS) is 15.9. The molecule has 1 aromatic carbocycles. The highest BCUT2D eigenvalue weighted by atomic mass is 35.5. The number of amidine groups is 1. The van der Waals surface area contributed by atoms with Gasteiger partial charge in [0, 0.05) is 42.5 Å². The highest BCUT2D eigenvalue weighted by Gasteiger charge is 2.34. The summed E-state index contributed by atoms with van der Waals surface area (Å²) >= 11 is 6.30. The molecule has 0 saturated carbocycles. The van der Waals surface area contributed by atoms with Crippen molar-refractivity contribution in [3.05, 3.63) is 75.5 Å². The number of carbonyl (C=O) groups is 1. The highest BCUT2D eigenvalue weighted by molar-refractivity contribution is 6.31. The van der Waals surface area contributed by atoms with Crippen LogP contribution in [0.5, 0.6) is 0 Å². The van der Waals surface area contributed by atoms with Gasteiger partial charge < -0.3 is 14.8 Å². The maximum atomic E-state index is 14.6. The topological polar surface area (TPSA) is 76.0 Å².